The van der Waals surface area contributed by atoms with Gasteiger partial charge >= 0.3 is 0 Å². The molecule has 0 spiro atoms. The van der Waals surface area contributed by atoms with Crippen molar-refractivity contribution in [3.05, 3.63) is 86.9 Å². The molecular formula is C23H23ClN2OS. The molecule has 0 saturated heterocycles. The Bertz CT molecular complexity index is 990. The normalized spacial score (nSPS) is 11.3. The van der Waals surface area contributed by atoms with Gasteiger partial charge in [-0.05, 0) is 47.2 Å². The number of aryl methyl sites for hydroxylation is 1. The average Bonchev–Trinajstić information content (AvgIpc) is 3.10. The lowest BCUT2D eigenvalue weighted by molar-refractivity contribution is -0.111. The maximum Gasteiger partial charge on any atom is 0.250 e. The third kappa shape index (κ3) is 5.54. The molecule has 2 aromatic carbocycles. The largest absolute Gasteiger partial charge is 0.298 e. The first-order valence-corrected chi connectivity index (χ1v) is 10.4. The fourth-order valence-electron chi connectivity index (χ4n) is 2.71. The van der Waals surface area contributed by atoms with Crippen molar-refractivity contribution in [1.82, 2.24) is 4.98 Å². The molecule has 1 heterocycles. The maximum absolute atomic E-state index is 12.2. The van der Waals surface area contributed by atoms with Gasteiger partial charge in [0.15, 0.2) is 5.13 Å². The van der Waals surface area contributed by atoms with Gasteiger partial charge in [-0.25, -0.2) is 4.98 Å². The van der Waals surface area contributed by atoms with Gasteiger partial charge in [-0.2, -0.15) is 0 Å². The quantitative estimate of drug-likeness (QED) is 0.473. The number of rotatable bonds is 6. The van der Waals surface area contributed by atoms with Gasteiger partial charge < -0.3 is 0 Å². The van der Waals surface area contributed by atoms with Gasteiger partial charge in [-0.1, -0.05) is 61.8 Å². The van der Waals surface area contributed by atoms with Gasteiger partial charge in [-0.15, -0.1) is 11.3 Å². The van der Waals surface area contributed by atoms with Crippen molar-refractivity contribution in [2.75, 3.05) is 5.32 Å². The first-order valence-electron chi connectivity index (χ1n) is 9.19. The summed E-state index contributed by atoms with van der Waals surface area (Å²) in [6.07, 6.45) is 5.88. The molecule has 3 aromatic rings. The predicted molar refractivity (Wildman–Crippen MR) is 119 cm³/mol. The Hall–Kier alpha value is -2.43. The molecule has 0 saturated carbocycles. The lowest BCUT2D eigenvalue weighted by atomic mass is 10.0. The summed E-state index contributed by atoms with van der Waals surface area (Å²) in [5.41, 5.74) is 4.47. The van der Waals surface area contributed by atoms with Gasteiger partial charge in [-0.3, -0.25) is 10.1 Å². The first-order chi connectivity index (χ1) is 13.4. The van der Waals surface area contributed by atoms with Crippen LogP contribution >= 0.6 is 22.9 Å². The molecule has 28 heavy (non-hydrogen) atoms. The smallest absolute Gasteiger partial charge is 0.250 e. The van der Waals surface area contributed by atoms with Crippen molar-refractivity contribution in [2.24, 2.45) is 0 Å². The molecule has 0 atom stereocenters. The number of benzene rings is 2. The summed E-state index contributed by atoms with van der Waals surface area (Å²) in [6.45, 7) is 6.31. The number of hydrogen-bond donors (Lipinski definition) is 1. The maximum atomic E-state index is 12.2. The Kier molecular flexibility index (Phi) is 6.65. The van der Waals surface area contributed by atoms with Crippen LogP contribution in [0.1, 0.15) is 46.9 Å². The van der Waals surface area contributed by atoms with Crippen molar-refractivity contribution < 1.29 is 4.79 Å². The van der Waals surface area contributed by atoms with E-state index >= 15 is 0 Å². The second-order valence-electron chi connectivity index (χ2n) is 7.04. The third-order valence-corrected chi connectivity index (χ3v) is 5.75. The van der Waals surface area contributed by atoms with Crippen LogP contribution in [0.25, 0.3) is 6.08 Å². The number of carbonyl (C=O) groups is 1. The van der Waals surface area contributed by atoms with Gasteiger partial charge in [0.05, 0.1) is 0 Å². The fraction of sp³-hybridized carbons (Fsp3) is 0.217. The second kappa shape index (κ2) is 9.18. The summed E-state index contributed by atoms with van der Waals surface area (Å²) in [5.74, 6) is 0.309. The zero-order valence-corrected chi connectivity index (χ0v) is 17.8. The number of carbonyl (C=O) groups excluding carboxylic acids is 1. The van der Waals surface area contributed by atoms with E-state index in [1.165, 1.54) is 23.0 Å². The molecule has 3 rings (SSSR count). The van der Waals surface area contributed by atoms with Crippen LogP contribution in [0.2, 0.25) is 5.02 Å². The highest BCUT2D eigenvalue weighted by molar-refractivity contribution is 7.15. The minimum atomic E-state index is -0.188. The highest BCUT2D eigenvalue weighted by atomic mass is 35.5. The van der Waals surface area contributed by atoms with Gasteiger partial charge in [0.25, 0.3) is 0 Å². The molecule has 0 aliphatic heterocycles. The van der Waals surface area contributed by atoms with Crippen molar-refractivity contribution >= 4 is 40.1 Å². The van der Waals surface area contributed by atoms with Gasteiger partial charge in [0.1, 0.15) is 0 Å². The molecule has 1 N–H and O–H groups in total. The molecule has 0 fully saturated rings. The Balaban J connectivity index is 1.58. The number of hydrogen-bond acceptors (Lipinski definition) is 3. The summed E-state index contributed by atoms with van der Waals surface area (Å²) in [6, 6.07) is 14.3. The van der Waals surface area contributed by atoms with Crippen molar-refractivity contribution in [1.29, 1.82) is 0 Å². The van der Waals surface area contributed by atoms with Crippen LogP contribution < -0.4 is 5.32 Å². The molecule has 144 valence electrons. The van der Waals surface area contributed by atoms with E-state index < -0.39 is 0 Å². The summed E-state index contributed by atoms with van der Waals surface area (Å²) in [4.78, 5) is 17.5. The van der Waals surface area contributed by atoms with Crippen LogP contribution in [0.15, 0.2) is 54.7 Å². The molecule has 5 heteroatoms. The Morgan fingerprint density at radius 2 is 1.96 bits per heavy atom. The van der Waals surface area contributed by atoms with E-state index in [0.29, 0.717) is 11.0 Å². The van der Waals surface area contributed by atoms with Crippen molar-refractivity contribution in [3.63, 3.8) is 0 Å². The lowest BCUT2D eigenvalue weighted by Crippen LogP contribution is -2.07. The Morgan fingerprint density at radius 3 is 2.64 bits per heavy atom. The number of thiazole rings is 1. The van der Waals surface area contributed by atoms with Crippen LogP contribution in [0, 0.1) is 6.92 Å². The molecule has 1 amide bonds. The number of nitrogens with one attached hydrogen (secondary N) is 1. The zero-order chi connectivity index (χ0) is 20.1. The summed E-state index contributed by atoms with van der Waals surface area (Å²) in [5, 5.41) is 4.19. The molecule has 0 aliphatic carbocycles. The highest BCUT2D eigenvalue weighted by Gasteiger charge is 2.07. The third-order valence-electron chi connectivity index (χ3n) is 4.43. The van der Waals surface area contributed by atoms with Crippen LogP contribution in [0.5, 0.6) is 0 Å². The first kappa shape index (κ1) is 20.3. The van der Waals surface area contributed by atoms with Crippen molar-refractivity contribution in [3.8, 4) is 0 Å². The number of aromatic nitrogens is 1. The van der Waals surface area contributed by atoms with Crippen LogP contribution in [-0.2, 0) is 11.2 Å². The summed E-state index contributed by atoms with van der Waals surface area (Å²) >= 11 is 7.66. The SMILES string of the molecule is Cc1ccc(Cc2cnc(NC(=O)/C=C/c3ccc(C(C)C)cc3)s2)cc1Cl. The Morgan fingerprint density at radius 1 is 1.21 bits per heavy atom. The second-order valence-corrected chi connectivity index (χ2v) is 8.56. The predicted octanol–water partition coefficient (Wildman–Crippen LogP) is 6.47. The summed E-state index contributed by atoms with van der Waals surface area (Å²) in [7, 11) is 0. The van der Waals surface area contributed by atoms with E-state index in [9.17, 15) is 4.79 Å². The minimum Gasteiger partial charge on any atom is -0.298 e. The number of anilines is 1. The van der Waals surface area contributed by atoms with E-state index in [0.717, 1.165) is 33.0 Å². The fourth-order valence-corrected chi connectivity index (χ4v) is 3.76. The molecule has 0 radical (unpaired) electrons. The topological polar surface area (TPSA) is 42.0 Å². The van der Waals surface area contributed by atoms with Gasteiger partial charge in [0.2, 0.25) is 5.91 Å². The number of halogens is 1. The van der Waals surface area contributed by atoms with Crippen LogP contribution in [-0.4, -0.2) is 10.9 Å². The highest BCUT2D eigenvalue weighted by Crippen LogP contribution is 2.24. The lowest BCUT2D eigenvalue weighted by Gasteiger charge is -2.04. The number of nitrogens with zero attached hydrogens (tertiary/aromatic N) is 1. The van der Waals surface area contributed by atoms with E-state index in [1.54, 1.807) is 6.20 Å². The summed E-state index contributed by atoms with van der Waals surface area (Å²) < 4.78 is 0. The van der Waals surface area contributed by atoms with Gasteiger partial charge in [0, 0.05) is 28.6 Å². The molecule has 0 unspecified atom stereocenters. The van der Waals surface area contributed by atoms with E-state index in [4.69, 9.17) is 11.6 Å². The van der Waals surface area contributed by atoms with Crippen LogP contribution in [0.3, 0.4) is 0 Å². The molecule has 0 bridgehead atoms. The van der Waals surface area contributed by atoms with Crippen LogP contribution in [0.4, 0.5) is 5.13 Å². The average molecular weight is 411 g/mol. The molecule has 3 nitrogen and oxygen atoms in total. The molecular weight excluding hydrogens is 388 g/mol. The Labute approximate surface area is 175 Å². The molecule has 0 aliphatic rings. The van der Waals surface area contributed by atoms with E-state index in [1.807, 2.05) is 37.3 Å². The minimum absolute atomic E-state index is 0.188. The monoisotopic (exact) mass is 410 g/mol. The molecule has 1 aromatic heterocycles. The zero-order valence-electron chi connectivity index (χ0n) is 16.2. The van der Waals surface area contributed by atoms with E-state index in [2.05, 4.69) is 42.3 Å². The van der Waals surface area contributed by atoms with Crippen molar-refractivity contribution in [2.45, 2.75) is 33.1 Å². The number of amides is 1. The van der Waals surface area contributed by atoms with E-state index in [-0.39, 0.29) is 5.91 Å². The standard InChI is InChI=1S/C23H23ClN2OS/c1-15(2)19-9-6-17(7-10-19)8-11-22(27)26-23-25-14-20(28-23)12-18-5-4-16(3)21(24)13-18/h4-11,13-15H,12H2,1-3H3,(H,25,26,27)/b11-8+.